The summed E-state index contributed by atoms with van der Waals surface area (Å²) < 4.78 is 80.5. The topological polar surface area (TPSA) is 113 Å². The highest BCUT2D eigenvalue weighted by molar-refractivity contribution is 7.93. The average molecular weight is 604 g/mol. The van der Waals surface area contributed by atoms with Gasteiger partial charge in [0, 0.05) is 17.9 Å². The van der Waals surface area contributed by atoms with Crippen LogP contribution < -0.4 is 4.31 Å². The SMILES string of the molecule is COC(=O)/C=C/c1ccc(N(CC(F)(F)F)S(=O)(=O)[C@@H]2C[C@@H]3O[C@H]2[C@H](c2ccc(O)cc2)[C@H]3c2ccc(O)cc2)cc1. The van der Waals surface area contributed by atoms with E-state index >= 15 is 0 Å². The van der Waals surface area contributed by atoms with Crippen molar-refractivity contribution in [2.75, 3.05) is 18.0 Å². The minimum absolute atomic E-state index is 0.00871. The Hall–Kier alpha value is -4.03. The number of alkyl halides is 3. The molecule has 0 unspecified atom stereocenters. The summed E-state index contributed by atoms with van der Waals surface area (Å²) in [7, 11) is -3.41. The molecule has 12 heteroatoms. The largest absolute Gasteiger partial charge is 0.508 e. The predicted octanol–water partition coefficient (Wildman–Crippen LogP) is 5.09. The van der Waals surface area contributed by atoms with Gasteiger partial charge in [-0.25, -0.2) is 13.2 Å². The smallest absolute Gasteiger partial charge is 0.407 e. The first kappa shape index (κ1) is 29.5. The van der Waals surface area contributed by atoms with Gasteiger partial charge in [-0.05, 0) is 65.6 Å². The van der Waals surface area contributed by atoms with Crippen LogP contribution >= 0.6 is 0 Å². The van der Waals surface area contributed by atoms with E-state index in [0.29, 0.717) is 15.4 Å². The Kier molecular flexibility index (Phi) is 7.95. The van der Waals surface area contributed by atoms with Crippen LogP contribution in [0.25, 0.3) is 6.08 Å². The number of phenols is 2. The van der Waals surface area contributed by atoms with Crippen LogP contribution in [-0.4, -0.2) is 61.9 Å². The number of esters is 1. The number of nitrogens with zero attached hydrogens (tertiary/aromatic N) is 1. The Morgan fingerprint density at radius 2 is 1.50 bits per heavy atom. The Morgan fingerprint density at radius 1 is 0.952 bits per heavy atom. The van der Waals surface area contributed by atoms with Crippen LogP contribution in [0.2, 0.25) is 0 Å². The predicted molar refractivity (Wildman–Crippen MR) is 149 cm³/mol. The summed E-state index contributed by atoms with van der Waals surface area (Å²) in [6.45, 7) is -1.73. The van der Waals surface area contributed by atoms with E-state index in [1.807, 2.05) is 0 Å². The third kappa shape index (κ3) is 5.95. The van der Waals surface area contributed by atoms with E-state index in [0.717, 1.165) is 11.6 Å². The van der Waals surface area contributed by atoms with Gasteiger partial charge < -0.3 is 19.7 Å². The summed E-state index contributed by atoms with van der Waals surface area (Å²) in [5, 5.41) is 18.3. The first-order valence-corrected chi connectivity index (χ1v) is 14.6. The molecule has 2 N–H and O–H groups in total. The van der Waals surface area contributed by atoms with Crippen molar-refractivity contribution in [1.29, 1.82) is 0 Å². The molecule has 5 rings (SSSR count). The number of phenolic OH excluding ortho intramolecular Hbond substituents is 2. The molecule has 0 amide bonds. The van der Waals surface area contributed by atoms with Crippen LogP contribution in [0.1, 0.15) is 34.9 Å². The average Bonchev–Trinajstić information content (AvgIpc) is 3.55. The molecule has 0 saturated carbocycles. The molecule has 0 aliphatic carbocycles. The van der Waals surface area contributed by atoms with Crippen molar-refractivity contribution in [3.63, 3.8) is 0 Å². The lowest BCUT2D eigenvalue weighted by Gasteiger charge is -2.36. The number of sulfonamides is 1. The number of hydrogen-bond donors (Lipinski definition) is 2. The fourth-order valence-corrected chi connectivity index (χ4v) is 7.91. The Balaban J connectivity index is 1.51. The van der Waals surface area contributed by atoms with Crippen molar-refractivity contribution in [2.45, 2.75) is 41.9 Å². The lowest BCUT2D eigenvalue weighted by Crippen LogP contribution is -2.49. The standard InChI is InChI=1S/C30H28F3NO7S/c1-40-26(37)15-4-18-2-9-21(10-3-18)34(17-30(31,32)33)42(38,39)25-16-24-27(19-5-11-22(35)12-6-19)28(29(25)41-24)20-7-13-23(36)14-8-20/h2-15,24-25,27-29,35-36H,16-17H2,1H3/b15-4+/t24-,25+,27-,28+,29+/m0/s1. The third-order valence-corrected chi connectivity index (χ3v) is 9.85. The normalized spacial score (nSPS) is 23.8. The molecular formula is C30H28F3NO7S. The van der Waals surface area contributed by atoms with E-state index in [1.165, 1.54) is 61.7 Å². The number of benzene rings is 3. The lowest BCUT2D eigenvalue weighted by atomic mass is 9.72. The molecule has 5 atom stereocenters. The molecule has 2 fully saturated rings. The molecule has 2 heterocycles. The first-order valence-electron chi connectivity index (χ1n) is 13.0. The molecule has 2 saturated heterocycles. The van der Waals surface area contributed by atoms with Gasteiger partial charge in [-0.15, -0.1) is 0 Å². The number of carbonyl (C=O) groups is 1. The maximum atomic E-state index is 14.1. The fraction of sp³-hybridized carbons (Fsp3) is 0.300. The van der Waals surface area contributed by atoms with Crippen LogP contribution in [0.4, 0.5) is 18.9 Å². The highest BCUT2D eigenvalue weighted by Crippen LogP contribution is 2.56. The van der Waals surface area contributed by atoms with Crippen LogP contribution in [0.3, 0.4) is 0 Å². The van der Waals surface area contributed by atoms with Crippen molar-refractivity contribution >= 4 is 27.8 Å². The van der Waals surface area contributed by atoms with E-state index in [2.05, 4.69) is 4.74 Å². The van der Waals surface area contributed by atoms with Gasteiger partial charge in [0.25, 0.3) is 0 Å². The van der Waals surface area contributed by atoms with Crippen molar-refractivity contribution in [3.8, 4) is 11.5 Å². The lowest BCUT2D eigenvalue weighted by molar-refractivity contribution is -0.134. The Bertz CT molecular complexity index is 1560. The second kappa shape index (κ2) is 11.3. The number of fused-ring (bicyclic) bond motifs is 2. The molecule has 3 aromatic rings. The van der Waals surface area contributed by atoms with E-state index in [-0.39, 0.29) is 29.5 Å². The van der Waals surface area contributed by atoms with Gasteiger partial charge in [0.05, 0.1) is 25.0 Å². The Labute approximate surface area is 240 Å². The number of hydrogen-bond acceptors (Lipinski definition) is 7. The summed E-state index contributed by atoms with van der Waals surface area (Å²) in [5.74, 6) is -1.44. The van der Waals surface area contributed by atoms with Crippen LogP contribution in [0.15, 0.2) is 78.9 Å². The number of carbonyl (C=O) groups excluding carboxylic acids is 1. The maximum absolute atomic E-state index is 14.1. The summed E-state index contributed by atoms with van der Waals surface area (Å²) in [6, 6.07) is 18.0. The van der Waals surface area contributed by atoms with Gasteiger partial charge in [0.15, 0.2) is 0 Å². The molecule has 3 aromatic carbocycles. The first-order chi connectivity index (χ1) is 19.9. The van der Waals surface area contributed by atoms with Crippen LogP contribution in [0, 0.1) is 0 Å². The molecule has 0 spiro atoms. The molecule has 0 aromatic heterocycles. The second-order valence-electron chi connectivity index (χ2n) is 10.3. The summed E-state index contributed by atoms with van der Waals surface area (Å²) in [4.78, 5) is 11.4. The molecule has 2 aliphatic heterocycles. The van der Waals surface area contributed by atoms with Crippen LogP contribution in [-0.2, 0) is 24.3 Å². The van der Waals surface area contributed by atoms with Crippen LogP contribution in [0.5, 0.6) is 11.5 Å². The van der Waals surface area contributed by atoms with E-state index < -0.39 is 52.1 Å². The number of halogens is 3. The van der Waals surface area contributed by atoms with Crippen molar-refractivity contribution in [1.82, 2.24) is 0 Å². The molecular weight excluding hydrogens is 575 g/mol. The second-order valence-corrected chi connectivity index (χ2v) is 12.3. The number of aromatic hydroxyl groups is 2. The molecule has 2 aliphatic rings. The zero-order valence-corrected chi connectivity index (χ0v) is 23.1. The van der Waals surface area contributed by atoms with E-state index in [1.54, 1.807) is 24.3 Å². The number of rotatable bonds is 8. The van der Waals surface area contributed by atoms with Gasteiger partial charge in [0.2, 0.25) is 10.0 Å². The summed E-state index contributed by atoms with van der Waals surface area (Å²) >= 11 is 0. The maximum Gasteiger partial charge on any atom is 0.407 e. The molecule has 42 heavy (non-hydrogen) atoms. The van der Waals surface area contributed by atoms with Gasteiger partial charge in [0.1, 0.15) is 23.3 Å². The van der Waals surface area contributed by atoms with Crippen molar-refractivity contribution in [2.24, 2.45) is 0 Å². The van der Waals surface area contributed by atoms with Gasteiger partial charge in [-0.2, -0.15) is 13.2 Å². The molecule has 222 valence electrons. The monoisotopic (exact) mass is 603 g/mol. The molecule has 0 radical (unpaired) electrons. The summed E-state index contributed by atoms with van der Waals surface area (Å²) in [5.41, 5.74) is 1.74. The van der Waals surface area contributed by atoms with Gasteiger partial charge in [-0.1, -0.05) is 36.4 Å². The quantitative estimate of drug-likeness (QED) is 0.273. The van der Waals surface area contributed by atoms with E-state index in [9.17, 15) is 36.6 Å². The fourth-order valence-electron chi connectivity index (χ4n) is 5.83. The summed E-state index contributed by atoms with van der Waals surface area (Å²) in [6.07, 6.45) is -3.91. The minimum atomic E-state index is -4.83. The van der Waals surface area contributed by atoms with Crippen molar-refractivity contribution in [3.05, 3.63) is 95.6 Å². The zero-order chi connectivity index (χ0) is 30.2. The van der Waals surface area contributed by atoms with Gasteiger partial charge >= 0.3 is 12.1 Å². The Morgan fingerprint density at radius 3 is 2.02 bits per heavy atom. The molecule has 2 bridgehead atoms. The highest BCUT2D eigenvalue weighted by Gasteiger charge is 2.60. The van der Waals surface area contributed by atoms with Gasteiger partial charge in [-0.3, -0.25) is 4.31 Å². The third-order valence-electron chi connectivity index (χ3n) is 7.67. The highest BCUT2D eigenvalue weighted by atomic mass is 32.2. The number of ether oxygens (including phenoxy) is 2. The van der Waals surface area contributed by atoms with E-state index in [4.69, 9.17) is 4.74 Å². The number of methoxy groups -OCH3 is 1. The molecule has 8 nitrogen and oxygen atoms in total. The minimum Gasteiger partial charge on any atom is -0.508 e. The number of anilines is 1. The zero-order valence-electron chi connectivity index (χ0n) is 22.3. The van der Waals surface area contributed by atoms with Crippen molar-refractivity contribution < 1.29 is 46.1 Å².